The van der Waals surface area contributed by atoms with Crippen LogP contribution in [-0.4, -0.2) is 28.6 Å². The van der Waals surface area contributed by atoms with E-state index in [4.69, 9.17) is 0 Å². The third-order valence-corrected chi connectivity index (χ3v) is 4.10. The highest BCUT2D eigenvalue weighted by molar-refractivity contribution is 7.81. The van der Waals surface area contributed by atoms with Crippen LogP contribution in [0.2, 0.25) is 0 Å². The minimum Gasteiger partial charge on any atom is -0.339 e. The average Bonchev–Trinajstić information content (AvgIpc) is 2.19. The fourth-order valence-electron chi connectivity index (χ4n) is 2.05. The molecule has 0 N–H and O–H groups in total. The van der Waals surface area contributed by atoms with Crippen LogP contribution in [0.1, 0.15) is 40.5 Å². The summed E-state index contributed by atoms with van der Waals surface area (Å²) in [6.07, 6.45) is 2.37. The Kier molecular flexibility index (Phi) is 4.50. The van der Waals surface area contributed by atoms with E-state index in [0.29, 0.717) is 17.9 Å². The van der Waals surface area contributed by atoms with E-state index in [-0.39, 0.29) is 11.2 Å². The molecule has 15 heavy (non-hydrogen) atoms. The molecular formula is C12H23NOS. The van der Waals surface area contributed by atoms with E-state index >= 15 is 0 Å². The molecule has 1 heterocycles. The zero-order chi connectivity index (χ0) is 11.6. The zero-order valence-electron chi connectivity index (χ0n) is 10.2. The van der Waals surface area contributed by atoms with Gasteiger partial charge in [0.25, 0.3) is 0 Å². The molecule has 0 aromatic heterocycles. The van der Waals surface area contributed by atoms with Gasteiger partial charge in [0.15, 0.2) is 0 Å². The first-order valence-electron chi connectivity index (χ1n) is 5.92. The van der Waals surface area contributed by atoms with Gasteiger partial charge in [0.1, 0.15) is 0 Å². The Morgan fingerprint density at radius 1 is 1.33 bits per heavy atom. The highest BCUT2D eigenvalue weighted by Gasteiger charge is 2.31. The van der Waals surface area contributed by atoms with Gasteiger partial charge in [0.05, 0.1) is 5.25 Å². The van der Waals surface area contributed by atoms with Crippen LogP contribution in [0.4, 0.5) is 0 Å². The lowest BCUT2D eigenvalue weighted by Crippen LogP contribution is -2.48. The lowest BCUT2D eigenvalue weighted by atomic mass is 9.94. The minimum absolute atomic E-state index is 0.141. The number of piperidine rings is 1. The van der Waals surface area contributed by atoms with Crippen LogP contribution in [0.3, 0.4) is 0 Å². The molecule has 0 saturated carbocycles. The van der Waals surface area contributed by atoms with Crippen LogP contribution in [0.5, 0.6) is 0 Å². The largest absolute Gasteiger partial charge is 0.339 e. The van der Waals surface area contributed by atoms with Gasteiger partial charge in [-0.1, -0.05) is 20.8 Å². The fraction of sp³-hybridized carbons (Fsp3) is 0.917. The first-order valence-corrected chi connectivity index (χ1v) is 6.43. The van der Waals surface area contributed by atoms with E-state index in [2.05, 4.69) is 26.5 Å². The van der Waals surface area contributed by atoms with Gasteiger partial charge in [-0.05, 0) is 31.6 Å². The average molecular weight is 229 g/mol. The SMILES string of the molecule is CC1CCC(C)N(C(=O)C(S)C(C)C)C1. The zero-order valence-corrected chi connectivity index (χ0v) is 11.1. The van der Waals surface area contributed by atoms with Gasteiger partial charge in [-0.15, -0.1) is 0 Å². The second-order valence-corrected chi connectivity index (χ2v) is 5.77. The molecule has 1 aliphatic heterocycles. The lowest BCUT2D eigenvalue weighted by Gasteiger charge is -2.38. The molecule has 0 spiro atoms. The van der Waals surface area contributed by atoms with Crippen molar-refractivity contribution in [2.45, 2.75) is 51.8 Å². The van der Waals surface area contributed by atoms with E-state index in [9.17, 15) is 4.79 Å². The van der Waals surface area contributed by atoms with E-state index in [0.717, 1.165) is 13.0 Å². The molecule has 1 rings (SSSR count). The van der Waals surface area contributed by atoms with E-state index in [1.807, 2.05) is 18.7 Å². The third kappa shape index (κ3) is 3.13. The topological polar surface area (TPSA) is 20.3 Å². The van der Waals surface area contributed by atoms with Gasteiger partial charge < -0.3 is 4.90 Å². The summed E-state index contributed by atoms with van der Waals surface area (Å²) in [5.41, 5.74) is 0. The molecule has 1 saturated heterocycles. The molecule has 2 nitrogen and oxygen atoms in total. The van der Waals surface area contributed by atoms with Crippen LogP contribution in [0.15, 0.2) is 0 Å². The Balaban J connectivity index is 2.64. The monoisotopic (exact) mass is 229 g/mol. The quantitative estimate of drug-likeness (QED) is 0.722. The van der Waals surface area contributed by atoms with E-state index in [1.54, 1.807) is 0 Å². The van der Waals surface area contributed by atoms with Crippen LogP contribution >= 0.6 is 12.6 Å². The maximum Gasteiger partial charge on any atom is 0.235 e. The van der Waals surface area contributed by atoms with Gasteiger partial charge in [-0.25, -0.2) is 0 Å². The third-order valence-electron chi connectivity index (χ3n) is 3.29. The highest BCUT2D eigenvalue weighted by Crippen LogP contribution is 2.24. The molecule has 0 aromatic carbocycles. The summed E-state index contributed by atoms with van der Waals surface area (Å²) in [5.74, 6) is 1.16. The summed E-state index contributed by atoms with van der Waals surface area (Å²) >= 11 is 4.41. The maximum absolute atomic E-state index is 12.1. The first kappa shape index (κ1) is 12.9. The van der Waals surface area contributed by atoms with Gasteiger partial charge in [0.2, 0.25) is 5.91 Å². The Morgan fingerprint density at radius 2 is 1.93 bits per heavy atom. The van der Waals surface area contributed by atoms with Crippen molar-refractivity contribution < 1.29 is 4.79 Å². The summed E-state index contributed by atoms with van der Waals surface area (Å²) in [7, 11) is 0. The normalized spacial score (nSPS) is 29.3. The molecule has 0 radical (unpaired) electrons. The fourth-order valence-corrected chi connectivity index (χ4v) is 2.20. The van der Waals surface area contributed by atoms with Crippen molar-refractivity contribution in [2.24, 2.45) is 11.8 Å². The van der Waals surface area contributed by atoms with Crippen LogP contribution in [0, 0.1) is 11.8 Å². The van der Waals surface area contributed by atoms with Crippen molar-refractivity contribution in [1.29, 1.82) is 0 Å². The number of nitrogens with zero attached hydrogens (tertiary/aromatic N) is 1. The number of thiol groups is 1. The molecule has 3 atom stereocenters. The Bertz CT molecular complexity index is 230. The summed E-state index contributed by atoms with van der Waals surface area (Å²) < 4.78 is 0. The van der Waals surface area contributed by atoms with Crippen LogP contribution in [-0.2, 0) is 4.79 Å². The molecular weight excluding hydrogens is 206 g/mol. The van der Waals surface area contributed by atoms with Crippen molar-refractivity contribution in [1.82, 2.24) is 4.90 Å². The Hall–Kier alpha value is -0.180. The highest BCUT2D eigenvalue weighted by atomic mass is 32.1. The minimum atomic E-state index is -0.141. The molecule has 3 heteroatoms. The molecule has 0 bridgehead atoms. The molecule has 1 amide bonds. The van der Waals surface area contributed by atoms with Gasteiger partial charge in [0, 0.05) is 12.6 Å². The molecule has 0 aliphatic carbocycles. The van der Waals surface area contributed by atoms with E-state index in [1.165, 1.54) is 6.42 Å². The molecule has 0 aromatic rings. The maximum atomic E-state index is 12.1. The summed E-state index contributed by atoms with van der Waals surface area (Å²) in [6, 6.07) is 0.391. The van der Waals surface area contributed by atoms with Crippen LogP contribution in [0.25, 0.3) is 0 Å². The lowest BCUT2D eigenvalue weighted by molar-refractivity contribution is -0.135. The predicted octanol–water partition coefficient (Wildman–Crippen LogP) is 2.59. The van der Waals surface area contributed by atoms with Gasteiger partial charge in [-0.3, -0.25) is 4.79 Å². The van der Waals surface area contributed by atoms with Crippen molar-refractivity contribution >= 4 is 18.5 Å². The molecule has 1 aliphatic rings. The summed E-state index contributed by atoms with van der Waals surface area (Å²) in [6.45, 7) is 9.37. The van der Waals surface area contributed by atoms with Gasteiger partial charge in [-0.2, -0.15) is 12.6 Å². The molecule has 88 valence electrons. The summed E-state index contributed by atoms with van der Waals surface area (Å²) in [5, 5.41) is -0.141. The first-order chi connectivity index (χ1) is 6.93. The summed E-state index contributed by atoms with van der Waals surface area (Å²) in [4.78, 5) is 14.2. The Morgan fingerprint density at radius 3 is 2.47 bits per heavy atom. The number of carbonyl (C=O) groups excluding carboxylic acids is 1. The number of rotatable bonds is 2. The number of hydrogen-bond acceptors (Lipinski definition) is 2. The van der Waals surface area contributed by atoms with Crippen molar-refractivity contribution in [3.8, 4) is 0 Å². The number of amides is 1. The Labute approximate surface area is 98.8 Å². The standard InChI is InChI=1S/C12H23NOS/c1-8(2)11(15)12(14)13-7-9(3)5-6-10(13)4/h8-11,15H,5-7H2,1-4H3. The van der Waals surface area contributed by atoms with Crippen molar-refractivity contribution in [3.63, 3.8) is 0 Å². The smallest absolute Gasteiger partial charge is 0.235 e. The van der Waals surface area contributed by atoms with E-state index < -0.39 is 0 Å². The van der Waals surface area contributed by atoms with Crippen molar-refractivity contribution in [3.05, 3.63) is 0 Å². The number of likely N-dealkylation sites (tertiary alicyclic amines) is 1. The van der Waals surface area contributed by atoms with Gasteiger partial charge >= 0.3 is 0 Å². The predicted molar refractivity (Wildman–Crippen MR) is 67.2 cm³/mol. The molecule has 1 fully saturated rings. The van der Waals surface area contributed by atoms with Crippen LogP contribution < -0.4 is 0 Å². The molecule has 3 unspecified atom stereocenters. The van der Waals surface area contributed by atoms with Crippen molar-refractivity contribution in [2.75, 3.05) is 6.54 Å². The number of carbonyl (C=O) groups is 1. The second kappa shape index (κ2) is 5.24. The number of hydrogen-bond donors (Lipinski definition) is 1. The second-order valence-electron chi connectivity index (χ2n) is 5.21.